The van der Waals surface area contributed by atoms with Gasteiger partial charge in [0.2, 0.25) is 0 Å². The van der Waals surface area contributed by atoms with Crippen molar-refractivity contribution in [2.45, 2.75) is 90.4 Å². The number of aryl methyl sites for hydroxylation is 1. The fraction of sp³-hybridized carbons (Fsp3) is 0.667. The minimum atomic E-state index is 0.832. The summed E-state index contributed by atoms with van der Waals surface area (Å²) in [5, 5.41) is 3.23. The van der Waals surface area contributed by atoms with Crippen molar-refractivity contribution in [3.05, 3.63) is 29.8 Å². The van der Waals surface area contributed by atoms with Crippen molar-refractivity contribution in [3.63, 3.8) is 0 Å². The van der Waals surface area contributed by atoms with Crippen molar-refractivity contribution < 1.29 is 18.5 Å². The molecular formula is C21H34MoNS2. The third-order valence-corrected chi connectivity index (χ3v) is 7.27. The van der Waals surface area contributed by atoms with E-state index in [4.69, 9.17) is 12.2 Å². The molecule has 0 aliphatic rings. The normalized spacial score (nSPS) is 10.8. The molecule has 4 heteroatoms. The van der Waals surface area contributed by atoms with Crippen molar-refractivity contribution in [2.75, 3.05) is 5.32 Å². The second-order valence-electron chi connectivity index (χ2n) is 6.83. The van der Waals surface area contributed by atoms with Crippen LogP contribution in [0.3, 0.4) is 0 Å². The summed E-state index contributed by atoms with van der Waals surface area (Å²) in [6.45, 7) is 2.29. The molecule has 141 valence electrons. The number of unbranched alkanes of at least 4 members (excludes halogenated alkanes) is 11. The van der Waals surface area contributed by atoms with Gasteiger partial charge in [0.05, 0.1) is 0 Å². The molecule has 0 aromatic heterocycles. The standard InChI is InChI=1S/C21H35NS2.Mo/c1-2-3-4-5-6-7-8-9-10-11-12-13-14-19-15-17-20(18-16-19)22-21(23)24;/h15-18H,2-14H2,1H3,(H2,22,23,24);/q;+1/p-1. The Labute approximate surface area is 175 Å². The summed E-state index contributed by atoms with van der Waals surface area (Å²) in [7, 11) is 1.58. The Hall–Kier alpha value is 0.148. The molecule has 0 bridgehead atoms. The molecule has 25 heavy (non-hydrogen) atoms. The molecule has 0 amide bonds. The molecule has 0 saturated carbocycles. The van der Waals surface area contributed by atoms with Crippen LogP contribution in [0.1, 0.15) is 89.5 Å². The average molecular weight is 461 g/mol. The predicted octanol–water partition coefficient (Wildman–Crippen LogP) is 7.82. The molecule has 1 N–H and O–H groups in total. The zero-order chi connectivity index (χ0) is 18.2. The van der Waals surface area contributed by atoms with Gasteiger partial charge in [-0.15, -0.1) is 0 Å². The van der Waals surface area contributed by atoms with E-state index >= 15 is 0 Å². The van der Waals surface area contributed by atoms with Gasteiger partial charge in [-0.2, -0.15) is 0 Å². The molecule has 0 radical (unpaired) electrons. The first-order chi connectivity index (χ1) is 12.3. The van der Waals surface area contributed by atoms with Crippen LogP contribution in [0, 0.1) is 0 Å². The summed E-state index contributed by atoms with van der Waals surface area (Å²) in [5.41, 5.74) is 2.54. The Bertz CT molecular complexity index is 448. The van der Waals surface area contributed by atoms with Crippen LogP contribution in [-0.4, -0.2) is 4.32 Å². The van der Waals surface area contributed by atoms with Crippen LogP contribution < -0.4 is 5.32 Å². The molecule has 0 saturated heterocycles. The summed E-state index contributed by atoms with van der Waals surface area (Å²) in [6, 6.07) is 8.73. The molecule has 0 aliphatic carbocycles. The Balaban J connectivity index is 1.95. The first kappa shape index (κ1) is 23.2. The topological polar surface area (TPSA) is 12.0 Å². The van der Waals surface area contributed by atoms with Crippen molar-refractivity contribution >= 4 is 31.7 Å². The maximum atomic E-state index is 5.18. The van der Waals surface area contributed by atoms with E-state index < -0.39 is 0 Å². The van der Waals surface area contributed by atoms with Crippen molar-refractivity contribution in [2.24, 2.45) is 0 Å². The molecule has 0 atom stereocenters. The van der Waals surface area contributed by atoms with Crippen molar-refractivity contribution in [3.8, 4) is 0 Å². The van der Waals surface area contributed by atoms with Gasteiger partial charge < -0.3 is 0 Å². The molecule has 0 aliphatic heterocycles. The van der Waals surface area contributed by atoms with Gasteiger partial charge in [0.15, 0.2) is 0 Å². The third-order valence-electron chi connectivity index (χ3n) is 4.60. The predicted molar refractivity (Wildman–Crippen MR) is 115 cm³/mol. The van der Waals surface area contributed by atoms with Gasteiger partial charge in [-0.05, 0) is 0 Å². The molecular weight excluding hydrogens is 426 g/mol. The molecule has 0 heterocycles. The van der Waals surface area contributed by atoms with Crippen molar-refractivity contribution in [1.82, 2.24) is 0 Å². The molecule has 1 aromatic rings. The Kier molecular flexibility index (Phi) is 15.1. The number of hydrogen-bond donors (Lipinski definition) is 1. The van der Waals surface area contributed by atoms with E-state index in [0.29, 0.717) is 0 Å². The number of benzene rings is 1. The van der Waals surface area contributed by atoms with Crippen LogP contribution in [-0.2, 0) is 25.0 Å². The number of thiocarbonyl (C=S) groups is 1. The molecule has 1 aromatic carbocycles. The number of anilines is 1. The van der Waals surface area contributed by atoms with E-state index in [2.05, 4.69) is 36.5 Å². The van der Waals surface area contributed by atoms with Gasteiger partial charge >= 0.3 is 117 Å². The fourth-order valence-electron chi connectivity index (χ4n) is 3.06. The minimum absolute atomic E-state index is 0.832. The first-order valence-electron chi connectivity index (χ1n) is 9.96. The van der Waals surface area contributed by atoms with Gasteiger partial charge in [0.1, 0.15) is 0 Å². The van der Waals surface area contributed by atoms with Gasteiger partial charge in [-0.1, -0.05) is 58.3 Å². The second-order valence-corrected chi connectivity index (χ2v) is 9.30. The summed E-state index contributed by atoms with van der Waals surface area (Å²) < 4.78 is 0.832. The summed E-state index contributed by atoms with van der Waals surface area (Å²) >= 11 is 7.11. The SMILES string of the molecule is CCCCCCCCCCCCCCc1ccc(NC(=S)[S][Mo])cc1. The van der Waals surface area contributed by atoms with Gasteiger partial charge in [-0.25, -0.2) is 0 Å². The van der Waals surface area contributed by atoms with Gasteiger partial charge in [-0.3, -0.25) is 0 Å². The van der Waals surface area contributed by atoms with E-state index in [1.165, 1.54) is 89.0 Å². The van der Waals surface area contributed by atoms with Crippen LogP contribution >= 0.6 is 21.7 Å². The van der Waals surface area contributed by atoms with Crippen LogP contribution in [0.4, 0.5) is 5.69 Å². The van der Waals surface area contributed by atoms with E-state index in [-0.39, 0.29) is 0 Å². The van der Waals surface area contributed by atoms with E-state index in [9.17, 15) is 0 Å². The second kappa shape index (κ2) is 16.3. The Morgan fingerprint density at radius 3 is 1.80 bits per heavy atom. The van der Waals surface area contributed by atoms with E-state index in [0.717, 1.165) is 10.0 Å². The first-order valence-corrected chi connectivity index (χ1v) is 13.6. The maximum absolute atomic E-state index is 5.18. The van der Waals surface area contributed by atoms with Crippen LogP contribution in [0.5, 0.6) is 0 Å². The fourth-order valence-corrected chi connectivity index (χ4v) is 3.65. The zero-order valence-corrected chi connectivity index (χ0v) is 19.4. The molecule has 1 rings (SSSR count). The van der Waals surface area contributed by atoms with Gasteiger partial charge in [0, 0.05) is 0 Å². The Morgan fingerprint density at radius 1 is 0.840 bits per heavy atom. The molecule has 1 nitrogen and oxygen atoms in total. The van der Waals surface area contributed by atoms with E-state index in [1.807, 2.05) is 18.5 Å². The van der Waals surface area contributed by atoms with Crippen LogP contribution in [0.15, 0.2) is 24.3 Å². The summed E-state index contributed by atoms with van der Waals surface area (Å²) in [6.07, 6.45) is 18.1. The van der Waals surface area contributed by atoms with Gasteiger partial charge in [0.25, 0.3) is 0 Å². The zero-order valence-electron chi connectivity index (χ0n) is 15.7. The molecule has 0 spiro atoms. The summed E-state index contributed by atoms with van der Waals surface area (Å²) in [5.74, 6) is 0. The average Bonchev–Trinajstić information content (AvgIpc) is 2.64. The third kappa shape index (κ3) is 13.0. The quantitative estimate of drug-likeness (QED) is 0.173. The number of nitrogens with one attached hydrogen (secondary N) is 1. The van der Waals surface area contributed by atoms with Crippen molar-refractivity contribution in [1.29, 1.82) is 0 Å². The molecule has 0 unspecified atom stereocenters. The number of rotatable bonds is 14. The van der Waals surface area contributed by atoms with Crippen LogP contribution in [0.2, 0.25) is 0 Å². The summed E-state index contributed by atoms with van der Waals surface area (Å²) in [4.78, 5) is 0. The van der Waals surface area contributed by atoms with Crippen LogP contribution in [0.25, 0.3) is 0 Å². The molecule has 0 fully saturated rings. The monoisotopic (exact) mass is 462 g/mol. The Morgan fingerprint density at radius 2 is 1.32 bits per heavy atom. The number of hydrogen-bond acceptors (Lipinski definition) is 2. The van der Waals surface area contributed by atoms with E-state index in [1.54, 1.807) is 9.47 Å².